The number of aromatic nitrogens is 1. The number of pyridine rings is 1. The monoisotopic (exact) mass is 291 g/mol. The van der Waals surface area contributed by atoms with Crippen LogP contribution in [0.15, 0.2) is 53.7 Å². The first-order valence-corrected chi connectivity index (χ1v) is 7.72. The molecule has 0 aliphatic rings. The van der Waals surface area contributed by atoms with Crippen LogP contribution in [-0.4, -0.2) is 13.4 Å². The Hall–Kier alpha value is -1.76. The molecule has 0 saturated carbocycles. The summed E-state index contributed by atoms with van der Waals surface area (Å²) in [5.74, 6) is 0. The fourth-order valence-electron chi connectivity index (χ4n) is 1.83. The van der Waals surface area contributed by atoms with E-state index in [4.69, 9.17) is 5.73 Å². The average Bonchev–Trinajstić information content (AvgIpc) is 2.48. The van der Waals surface area contributed by atoms with E-state index < -0.39 is 10.0 Å². The summed E-state index contributed by atoms with van der Waals surface area (Å²) in [4.78, 5) is 4.14. The maximum absolute atomic E-state index is 12.3. The number of nitrogens with two attached hydrogens (primary N) is 1. The molecule has 1 atom stereocenters. The van der Waals surface area contributed by atoms with Crippen LogP contribution < -0.4 is 10.5 Å². The summed E-state index contributed by atoms with van der Waals surface area (Å²) in [6, 6.07) is 9.79. The minimum atomic E-state index is -3.54. The van der Waals surface area contributed by atoms with Gasteiger partial charge in [0.25, 0.3) is 0 Å². The molecule has 2 rings (SSSR count). The Morgan fingerprint density at radius 1 is 1.15 bits per heavy atom. The summed E-state index contributed by atoms with van der Waals surface area (Å²) < 4.78 is 27.2. The van der Waals surface area contributed by atoms with Crippen molar-refractivity contribution < 1.29 is 8.42 Å². The SMILES string of the molecule is CC(NS(=O)(=O)c1ccc(CN)cc1)c1ccncc1. The van der Waals surface area contributed by atoms with Gasteiger partial charge in [0, 0.05) is 25.0 Å². The van der Waals surface area contributed by atoms with Crippen molar-refractivity contribution in [1.82, 2.24) is 9.71 Å². The molecule has 1 aromatic heterocycles. The minimum absolute atomic E-state index is 0.232. The highest BCUT2D eigenvalue weighted by atomic mass is 32.2. The van der Waals surface area contributed by atoms with Crippen molar-refractivity contribution >= 4 is 10.0 Å². The zero-order chi connectivity index (χ0) is 14.6. The third-order valence-corrected chi connectivity index (χ3v) is 4.56. The molecular weight excluding hydrogens is 274 g/mol. The summed E-state index contributed by atoms with van der Waals surface area (Å²) in [5, 5.41) is 0. The van der Waals surface area contributed by atoms with Crippen LogP contribution in [0.2, 0.25) is 0 Å². The largest absolute Gasteiger partial charge is 0.326 e. The highest BCUT2D eigenvalue weighted by Crippen LogP contribution is 2.16. The molecule has 0 aliphatic carbocycles. The van der Waals surface area contributed by atoms with Gasteiger partial charge in [0.2, 0.25) is 10.0 Å². The Kier molecular flexibility index (Phi) is 4.49. The van der Waals surface area contributed by atoms with Gasteiger partial charge >= 0.3 is 0 Å². The van der Waals surface area contributed by atoms with Gasteiger partial charge in [-0.3, -0.25) is 4.98 Å². The van der Waals surface area contributed by atoms with Gasteiger partial charge in [-0.1, -0.05) is 12.1 Å². The first kappa shape index (κ1) is 14.6. The molecule has 0 saturated heterocycles. The number of hydrogen-bond donors (Lipinski definition) is 2. The Morgan fingerprint density at radius 3 is 2.30 bits per heavy atom. The van der Waals surface area contributed by atoms with Gasteiger partial charge in [0.15, 0.2) is 0 Å². The second kappa shape index (κ2) is 6.13. The summed E-state index contributed by atoms with van der Waals surface area (Å²) in [6.45, 7) is 2.18. The fraction of sp³-hybridized carbons (Fsp3) is 0.214. The molecule has 0 spiro atoms. The molecule has 0 radical (unpaired) electrons. The van der Waals surface area contributed by atoms with Crippen molar-refractivity contribution in [3.05, 3.63) is 59.9 Å². The van der Waals surface area contributed by atoms with Crippen LogP contribution in [0, 0.1) is 0 Å². The molecule has 106 valence electrons. The summed E-state index contributed by atoms with van der Waals surface area (Å²) in [6.07, 6.45) is 3.27. The van der Waals surface area contributed by atoms with E-state index in [0.29, 0.717) is 6.54 Å². The normalized spacial score (nSPS) is 13.1. The topological polar surface area (TPSA) is 85.1 Å². The zero-order valence-corrected chi connectivity index (χ0v) is 12.0. The van der Waals surface area contributed by atoms with Gasteiger partial charge in [-0.05, 0) is 42.3 Å². The van der Waals surface area contributed by atoms with Crippen LogP contribution >= 0.6 is 0 Å². The van der Waals surface area contributed by atoms with E-state index in [1.165, 1.54) is 0 Å². The molecule has 0 aliphatic heterocycles. The summed E-state index contributed by atoms with van der Waals surface area (Å²) >= 11 is 0. The Bertz CT molecular complexity index is 655. The maximum atomic E-state index is 12.3. The third-order valence-electron chi connectivity index (χ3n) is 3.01. The average molecular weight is 291 g/mol. The molecule has 2 aromatic rings. The lowest BCUT2D eigenvalue weighted by Gasteiger charge is -2.14. The van der Waals surface area contributed by atoms with Crippen molar-refractivity contribution in [2.24, 2.45) is 5.73 Å². The minimum Gasteiger partial charge on any atom is -0.326 e. The molecule has 0 fully saturated rings. The molecule has 6 heteroatoms. The first-order chi connectivity index (χ1) is 9.53. The Balaban J connectivity index is 2.18. The molecule has 0 amide bonds. The summed E-state index contributed by atoms with van der Waals surface area (Å²) in [7, 11) is -3.54. The van der Waals surface area contributed by atoms with E-state index in [0.717, 1.165) is 11.1 Å². The number of nitrogens with zero attached hydrogens (tertiary/aromatic N) is 1. The van der Waals surface area contributed by atoms with E-state index >= 15 is 0 Å². The lowest BCUT2D eigenvalue weighted by molar-refractivity contribution is 0.567. The maximum Gasteiger partial charge on any atom is 0.241 e. The number of nitrogens with one attached hydrogen (secondary N) is 1. The molecule has 0 bridgehead atoms. The van der Waals surface area contributed by atoms with Gasteiger partial charge in [-0.15, -0.1) is 0 Å². The highest BCUT2D eigenvalue weighted by Gasteiger charge is 2.18. The smallest absolute Gasteiger partial charge is 0.241 e. The molecular formula is C14H17N3O2S. The number of hydrogen-bond acceptors (Lipinski definition) is 4. The molecule has 1 aromatic carbocycles. The van der Waals surface area contributed by atoms with Crippen molar-refractivity contribution in [2.45, 2.75) is 24.4 Å². The van der Waals surface area contributed by atoms with Crippen LogP contribution in [0.25, 0.3) is 0 Å². The van der Waals surface area contributed by atoms with Crippen molar-refractivity contribution in [1.29, 1.82) is 0 Å². The van der Waals surface area contributed by atoms with Gasteiger partial charge in [-0.2, -0.15) is 0 Å². The van der Waals surface area contributed by atoms with E-state index in [1.807, 2.05) is 0 Å². The predicted molar refractivity (Wildman–Crippen MR) is 77.3 cm³/mol. The first-order valence-electron chi connectivity index (χ1n) is 6.24. The molecule has 3 N–H and O–H groups in total. The standard InChI is InChI=1S/C14H17N3O2S/c1-11(13-6-8-16-9-7-13)17-20(18,19)14-4-2-12(10-15)3-5-14/h2-9,11,17H,10,15H2,1H3. The van der Waals surface area contributed by atoms with Crippen molar-refractivity contribution in [3.63, 3.8) is 0 Å². The van der Waals surface area contributed by atoms with Gasteiger partial charge < -0.3 is 5.73 Å². The van der Waals surface area contributed by atoms with Gasteiger partial charge in [0.1, 0.15) is 0 Å². The van der Waals surface area contributed by atoms with Crippen LogP contribution in [-0.2, 0) is 16.6 Å². The third kappa shape index (κ3) is 3.41. The number of benzene rings is 1. The van der Waals surface area contributed by atoms with E-state index in [9.17, 15) is 8.42 Å². The van der Waals surface area contributed by atoms with Crippen molar-refractivity contribution in [2.75, 3.05) is 0 Å². The quantitative estimate of drug-likeness (QED) is 0.876. The fourth-order valence-corrected chi connectivity index (χ4v) is 3.06. The van der Waals surface area contributed by atoms with Gasteiger partial charge in [0.05, 0.1) is 4.90 Å². The molecule has 20 heavy (non-hydrogen) atoms. The van der Waals surface area contributed by atoms with E-state index in [-0.39, 0.29) is 10.9 Å². The van der Waals surface area contributed by atoms with Crippen LogP contribution in [0.3, 0.4) is 0 Å². The van der Waals surface area contributed by atoms with Gasteiger partial charge in [-0.25, -0.2) is 13.1 Å². The lowest BCUT2D eigenvalue weighted by atomic mass is 10.1. The Morgan fingerprint density at radius 2 is 1.75 bits per heavy atom. The summed E-state index contributed by atoms with van der Waals surface area (Å²) in [5.41, 5.74) is 7.25. The Labute approximate surface area is 118 Å². The number of sulfonamides is 1. The second-order valence-corrected chi connectivity index (χ2v) is 6.19. The van der Waals surface area contributed by atoms with Crippen LogP contribution in [0.1, 0.15) is 24.1 Å². The molecule has 1 heterocycles. The van der Waals surface area contributed by atoms with Crippen molar-refractivity contribution in [3.8, 4) is 0 Å². The number of rotatable bonds is 5. The van der Waals surface area contributed by atoms with E-state index in [2.05, 4.69) is 9.71 Å². The van der Waals surface area contributed by atoms with E-state index in [1.54, 1.807) is 55.7 Å². The highest BCUT2D eigenvalue weighted by molar-refractivity contribution is 7.89. The van der Waals surface area contributed by atoms with Crippen LogP contribution in [0.5, 0.6) is 0 Å². The zero-order valence-electron chi connectivity index (χ0n) is 11.2. The molecule has 1 unspecified atom stereocenters. The molecule has 5 nitrogen and oxygen atoms in total. The second-order valence-electron chi connectivity index (χ2n) is 4.47. The lowest BCUT2D eigenvalue weighted by Crippen LogP contribution is -2.26. The van der Waals surface area contributed by atoms with Crippen LogP contribution in [0.4, 0.5) is 0 Å². The predicted octanol–water partition coefficient (Wildman–Crippen LogP) is 1.58.